The third-order valence-electron chi connectivity index (χ3n) is 2.57. The summed E-state index contributed by atoms with van der Waals surface area (Å²) in [4.78, 5) is 10.6. The molecule has 0 saturated heterocycles. The number of hydrogen-bond donors (Lipinski definition) is 2. The van der Waals surface area contributed by atoms with E-state index in [0.29, 0.717) is 6.04 Å². The van der Waals surface area contributed by atoms with Crippen LogP contribution in [0.4, 0.5) is 4.79 Å². The van der Waals surface area contributed by atoms with Crippen LogP contribution in [0.15, 0.2) is 0 Å². The minimum absolute atomic E-state index is 0.353. The van der Waals surface area contributed by atoms with Crippen LogP contribution < -0.4 is 11.1 Å². The molecule has 0 aromatic rings. The monoisotopic (exact) mass is 154 g/mol. The first-order valence-corrected chi connectivity index (χ1v) is 4.33. The first-order chi connectivity index (χ1) is 5.27. The standard InChI is InChI=1S/C8H14N2O/c9-8(11)10-7(5-1-2-5)6-3-4-6/h5-7H,1-4H2,(H3,9,10,11). The minimum Gasteiger partial charge on any atom is -0.352 e. The molecule has 0 atom stereocenters. The van der Waals surface area contributed by atoms with Crippen molar-refractivity contribution in [3.8, 4) is 0 Å². The average molecular weight is 154 g/mol. The number of carbonyl (C=O) groups excluding carboxylic acids is 1. The minimum atomic E-state index is -0.353. The number of urea groups is 1. The third kappa shape index (κ3) is 1.64. The van der Waals surface area contributed by atoms with Crippen molar-refractivity contribution in [1.82, 2.24) is 5.32 Å². The molecule has 0 heterocycles. The van der Waals surface area contributed by atoms with Gasteiger partial charge in [-0.05, 0) is 37.5 Å². The number of nitrogens with two attached hydrogens (primary N) is 1. The van der Waals surface area contributed by atoms with Crippen LogP contribution in [0.2, 0.25) is 0 Å². The fraction of sp³-hybridized carbons (Fsp3) is 0.875. The fourth-order valence-electron chi connectivity index (χ4n) is 1.70. The first-order valence-electron chi connectivity index (χ1n) is 4.33. The van der Waals surface area contributed by atoms with E-state index >= 15 is 0 Å². The van der Waals surface area contributed by atoms with Gasteiger partial charge >= 0.3 is 6.03 Å². The molecule has 2 amide bonds. The van der Waals surface area contributed by atoms with Crippen LogP contribution in [-0.4, -0.2) is 12.1 Å². The number of carbonyl (C=O) groups is 1. The summed E-state index contributed by atoms with van der Waals surface area (Å²) in [5.41, 5.74) is 5.07. The van der Waals surface area contributed by atoms with Gasteiger partial charge < -0.3 is 11.1 Å². The number of amides is 2. The van der Waals surface area contributed by atoms with Crippen molar-refractivity contribution < 1.29 is 4.79 Å². The Hall–Kier alpha value is -0.730. The van der Waals surface area contributed by atoms with Gasteiger partial charge in [0.2, 0.25) is 0 Å². The van der Waals surface area contributed by atoms with Gasteiger partial charge in [-0.25, -0.2) is 4.79 Å². The highest BCUT2D eigenvalue weighted by atomic mass is 16.2. The van der Waals surface area contributed by atoms with Crippen LogP contribution >= 0.6 is 0 Å². The molecule has 0 aliphatic heterocycles. The second-order valence-electron chi connectivity index (χ2n) is 3.71. The van der Waals surface area contributed by atoms with Gasteiger partial charge in [-0.1, -0.05) is 0 Å². The van der Waals surface area contributed by atoms with Crippen molar-refractivity contribution in [3.63, 3.8) is 0 Å². The molecule has 2 aliphatic carbocycles. The second kappa shape index (κ2) is 2.40. The maximum atomic E-state index is 10.6. The zero-order chi connectivity index (χ0) is 7.84. The highest BCUT2D eigenvalue weighted by Gasteiger charge is 2.41. The Bertz CT molecular complexity index is 161. The number of primary amides is 1. The summed E-state index contributed by atoms with van der Waals surface area (Å²) in [6.45, 7) is 0. The molecule has 62 valence electrons. The van der Waals surface area contributed by atoms with Crippen LogP contribution in [-0.2, 0) is 0 Å². The van der Waals surface area contributed by atoms with Crippen LogP contribution in [0.25, 0.3) is 0 Å². The van der Waals surface area contributed by atoms with Crippen molar-refractivity contribution in [1.29, 1.82) is 0 Å². The van der Waals surface area contributed by atoms with Gasteiger partial charge in [0.1, 0.15) is 0 Å². The zero-order valence-electron chi connectivity index (χ0n) is 6.55. The largest absolute Gasteiger partial charge is 0.352 e. The number of nitrogens with one attached hydrogen (secondary N) is 1. The zero-order valence-corrected chi connectivity index (χ0v) is 6.55. The van der Waals surface area contributed by atoms with E-state index in [-0.39, 0.29) is 6.03 Å². The highest BCUT2D eigenvalue weighted by Crippen LogP contribution is 2.44. The lowest BCUT2D eigenvalue weighted by molar-refractivity contribution is 0.241. The van der Waals surface area contributed by atoms with Gasteiger partial charge in [0.05, 0.1) is 0 Å². The van der Waals surface area contributed by atoms with Crippen LogP contribution in [0.3, 0.4) is 0 Å². The Balaban J connectivity index is 1.86. The summed E-state index contributed by atoms with van der Waals surface area (Å²) < 4.78 is 0. The maximum absolute atomic E-state index is 10.6. The van der Waals surface area contributed by atoms with E-state index in [2.05, 4.69) is 5.32 Å². The van der Waals surface area contributed by atoms with E-state index in [9.17, 15) is 4.79 Å². The molecule has 0 spiro atoms. The molecule has 0 radical (unpaired) electrons. The van der Waals surface area contributed by atoms with Crippen molar-refractivity contribution in [2.24, 2.45) is 17.6 Å². The lowest BCUT2D eigenvalue weighted by atomic mass is 10.1. The summed E-state index contributed by atoms with van der Waals surface area (Å²) in [5.74, 6) is 1.49. The number of hydrogen-bond acceptors (Lipinski definition) is 1. The normalized spacial score (nSPS) is 23.7. The van der Waals surface area contributed by atoms with Crippen molar-refractivity contribution in [3.05, 3.63) is 0 Å². The molecule has 2 rings (SSSR count). The molecule has 2 aliphatic rings. The average Bonchev–Trinajstić information content (AvgIpc) is 2.79. The summed E-state index contributed by atoms with van der Waals surface area (Å²) in [6.07, 6.45) is 5.12. The van der Waals surface area contributed by atoms with Gasteiger partial charge in [-0.15, -0.1) is 0 Å². The Morgan fingerprint density at radius 2 is 1.73 bits per heavy atom. The quantitative estimate of drug-likeness (QED) is 0.622. The predicted octanol–water partition coefficient (Wildman–Crippen LogP) is 0.843. The van der Waals surface area contributed by atoms with Gasteiger partial charge in [0.25, 0.3) is 0 Å². The smallest absolute Gasteiger partial charge is 0.312 e. The predicted molar refractivity (Wildman–Crippen MR) is 42.0 cm³/mol. The first kappa shape index (κ1) is 6.95. The molecule has 11 heavy (non-hydrogen) atoms. The lowest BCUT2D eigenvalue weighted by Crippen LogP contribution is -2.41. The summed E-state index contributed by atoms with van der Waals surface area (Å²) >= 11 is 0. The van der Waals surface area contributed by atoms with E-state index in [4.69, 9.17) is 5.73 Å². The lowest BCUT2D eigenvalue weighted by Gasteiger charge is -2.15. The Labute approximate surface area is 66.3 Å². The van der Waals surface area contributed by atoms with E-state index in [1.54, 1.807) is 0 Å². The van der Waals surface area contributed by atoms with Gasteiger partial charge in [0, 0.05) is 6.04 Å². The van der Waals surface area contributed by atoms with E-state index < -0.39 is 0 Å². The molecular weight excluding hydrogens is 140 g/mol. The van der Waals surface area contributed by atoms with Crippen LogP contribution in [0.1, 0.15) is 25.7 Å². The third-order valence-corrected chi connectivity index (χ3v) is 2.57. The molecule has 3 nitrogen and oxygen atoms in total. The van der Waals surface area contributed by atoms with Gasteiger partial charge in [-0.2, -0.15) is 0 Å². The Morgan fingerprint density at radius 3 is 2.00 bits per heavy atom. The molecule has 0 aromatic carbocycles. The van der Waals surface area contributed by atoms with Crippen LogP contribution in [0.5, 0.6) is 0 Å². The van der Waals surface area contributed by atoms with Gasteiger partial charge in [0.15, 0.2) is 0 Å². The highest BCUT2D eigenvalue weighted by molar-refractivity contribution is 5.72. The van der Waals surface area contributed by atoms with Crippen molar-refractivity contribution in [2.45, 2.75) is 31.7 Å². The molecule has 3 heteroatoms. The molecule has 0 bridgehead atoms. The number of rotatable bonds is 3. The molecule has 2 fully saturated rings. The maximum Gasteiger partial charge on any atom is 0.312 e. The fourth-order valence-corrected chi connectivity index (χ4v) is 1.70. The molecule has 2 saturated carbocycles. The Morgan fingerprint density at radius 1 is 1.27 bits per heavy atom. The Kier molecular flexibility index (Phi) is 1.51. The van der Waals surface area contributed by atoms with Crippen molar-refractivity contribution >= 4 is 6.03 Å². The molecular formula is C8H14N2O. The van der Waals surface area contributed by atoms with E-state index in [1.165, 1.54) is 25.7 Å². The molecule has 3 N–H and O–H groups in total. The molecule has 0 aromatic heterocycles. The van der Waals surface area contributed by atoms with Gasteiger partial charge in [-0.3, -0.25) is 0 Å². The summed E-state index contributed by atoms with van der Waals surface area (Å²) in [6, 6.07) is 0.0568. The second-order valence-corrected chi connectivity index (χ2v) is 3.71. The summed E-state index contributed by atoms with van der Waals surface area (Å²) in [7, 11) is 0. The topological polar surface area (TPSA) is 55.1 Å². The SMILES string of the molecule is NC(=O)NC(C1CC1)C1CC1. The summed E-state index contributed by atoms with van der Waals surface area (Å²) in [5, 5.41) is 2.84. The van der Waals surface area contributed by atoms with Crippen LogP contribution in [0, 0.1) is 11.8 Å². The molecule has 0 unspecified atom stereocenters. The van der Waals surface area contributed by atoms with Crippen molar-refractivity contribution in [2.75, 3.05) is 0 Å². The van der Waals surface area contributed by atoms with E-state index in [0.717, 1.165) is 11.8 Å². The van der Waals surface area contributed by atoms with E-state index in [1.807, 2.05) is 0 Å².